The standard InChI is InChI=1S/C16H30N2O5/c1-16(2,3)23-15(20)18-12-9-7-6-8-11(12)14(19)17-10-13(21-4)22-5/h11-13H,6-10H2,1-5H3,(H,17,19)(H,18,20). The van der Waals surface area contributed by atoms with E-state index in [4.69, 9.17) is 14.2 Å². The molecule has 0 saturated heterocycles. The third-order valence-electron chi connectivity index (χ3n) is 3.77. The number of hydrogen-bond acceptors (Lipinski definition) is 5. The maximum Gasteiger partial charge on any atom is 0.407 e. The number of methoxy groups -OCH3 is 2. The smallest absolute Gasteiger partial charge is 0.407 e. The van der Waals surface area contributed by atoms with Crippen LogP contribution in [0.5, 0.6) is 0 Å². The fraction of sp³-hybridized carbons (Fsp3) is 0.875. The number of ether oxygens (including phenoxy) is 3. The molecule has 7 heteroatoms. The van der Waals surface area contributed by atoms with Gasteiger partial charge in [0, 0.05) is 20.3 Å². The molecule has 2 N–H and O–H groups in total. The van der Waals surface area contributed by atoms with Gasteiger partial charge in [-0.1, -0.05) is 12.8 Å². The molecule has 0 aliphatic heterocycles. The van der Waals surface area contributed by atoms with E-state index in [0.717, 1.165) is 25.7 Å². The maximum absolute atomic E-state index is 12.4. The highest BCUT2D eigenvalue weighted by molar-refractivity contribution is 5.80. The van der Waals surface area contributed by atoms with Crippen LogP contribution in [0.15, 0.2) is 0 Å². The highest BCUT2D eigenvalue weighted by atomic mass is 16.7. The van der Waals surface area contributed by atoms with Crippen molar-refractivity contribution < 1.29 is 23.8 Å². The molecule has 1 saturated carbocycles. The quantitative estimate of drug-likeness (QED) is 0.725. The zero-order valence-corrected chi connectivity index (χ0v) is 14.8. The van der Waals surface area contributed by atoms with Gasteiger partial charge in [-0.3, -0.25) is 4.79 Å². The van der Waals surface area contributed by atoms with Gasteiger partial charge in [-0.25, -0.2) is 4.79 Å². The molecule has 2 amide bonds. The summed E-state index contributed by atoms with van der Waals surface area (Å²) in [7, 11) is 3.04. The van der Waals surface area contributed by atoms with Gasteiger partial charge in [-0.05, 0) is 33.6 Å². The van der Waals surface area contributed by atoms with Gasteiger partial charge in [-0.15, -0.1) is 0 Å². The third kappa shape index (κ3) is 7.18. The Hall–Kier alpha value is -1.34. The average Bonchev–Trinajstić information content (AvgIpc) is 2.46. The Bertz CT molecular complexity index is 390. The van der Waals surface area contributed by atoms with E-state index in [1.807, 2.05) is 20.8 Å². The van der Waals surface area contributed by atoms with Crippen LogP contribution in [-0.2, 0) is 19.0 Å². The van der Waals surface area contributed by atoms with Crippen molar-refractivity contribution in [1.82, 2.24) is 10.6 Å². The van der Waals surface area contributed by atoms with Gasteiger partial charge in [0.2, 0.25) is 5.91 Å². The van der Waals surface area contributed by atoms with E-state index in [-0.39, 0.29) is 24.4 Å². The van der Waals surface area contributed by atoms with Crippen LogP contribution >= 0.6 is 0 Å². The van der Waals surface area contributed by atoms with Crippen molar-refractivity contribution in [2.45, 2.75) is 64.4 Å². The van der Waals surface area contributed by atoms with Gasteiger partial charge in [-0.2, -0.15) is 0 Å². The summed E-state index contributed by atoms with van der Waals surface area (Å²) in [6.45, 7) is 5.72. The van der Waals surface area contributed by atoms with Gasteiger partial charge >= 0.3 is 6.09 Å². The zero-order valence-electron chi connectivity index (χ0n) is 14.8. The largest absolute Gasteiger partial charge is 0.444 e. The topological polar surface area (TPSA) is 85.9 Å². The first kappa shape index (κ1) is 19.7. The summed E-state index contributed by atoms with van der Waals surface area (Å²) in [6, 6.07) is -0.206. The van der Waals surface area contributed by atoms with Gasteiger partial charge in [0.05, 0.1) is 12.5 Å². The highest BCUT2D eigenvalue weighted by Crippen LogP contribution is 2.25. The first-order valence-corrected chi connectivity index (χ1v) is 8.09. The molecule has 1 aliphatic carbocycles. The number of rotatable bonds is 6. The first-order valence-electron chi connectivity index (χ1n) is 8.09. The lowest BCUT2D eigenvalue weighted by atomic mass is 9.84. The van der Waals surface area contributed by atoms with E-state index in [0.29, 0.717) is 0 Å². The number of carbonyl (C=O) groups is 2. The molecular formula is C16H30N2O5. The predicted molar refractivity (Wildman–Crippen MR) is 85.9 cm³/mol. The van der Waals surface area contributed by atoms with Crippen molar-refractivity contribution in [3.05, 3.63) is 0 Å². The van der Waals surface area contributed by atoms with Crippen molar-refractivity contribution in [1.29, 1.82) is 0 Å². The minimum atomic E-state index is -0.555. The summed E-state index contributed by atoms with van der Waals surface area (Å²) < 4.78 is 15.4. The monoisotopic (exact) mass is 330 g/mol. The molecule has 1 aliphatic rings. The Balaban J connectivity index is 2.56. The number of alkyl carbamates (subject to hydrolysis) is 1. The van der Waals surface area contributed by atoms with Crippen LogP contribution in [-0.4, -0.2) is 50.7 Å². The fourth-order valence-electron chi connectivity index (χ4n) is 2.65. The molecule has 1 rings (SSSR count). The Morgan fingerprint density at radius 1 is 1.13 bits per heavy atom. The molecule has 134 valence electrons. The summed E-state index contributed by atoms with van der Waals surface area (Å²) in [5, 5.41) is 5.66. The summed E-state index contributed by atoms with van der Waals surface area (Å²) in [6.07, 6.45) is 2.53. The van der Waals surface area contributed by atoms with Crippen LogP contribution in [0.3, 0.4) is 0 Å². The van der Waals surface area contributed by atoms with E-state index in [1.54, 1.807) is 0 Å². The molecular weight excluding hydrogens is 300 g/mol. The third-order valence-corrected chi connectivity index (χ3v) is 3.77. The molecule has 0 bridgehead atoms. The van der Waals surface area contributed by atoms with Crippen molar-refractivity contribution in [2.24, 2.45) is 5.92 Å². The molecule has 0 aromatic carbocycles. The second kappa shape index (κ2) is 9.08. The van der Waals surface area contributed by atoms with Crippen molar-refractivity contribution in [3.8, 4) is 0 Å². The van der Waals surface area contributed by atoms with E-state index in [9.17, 15) is 9.59 Å². The average molecular weight is 330 g/mol. The Morgan fingerprint density at radius 2 is 1.74 bits per heavy atom. The second-order valence-electron chi connectivity index (χ2n) is 6.79. The first-order chi connectivity index (χ1) is 10.8. The van der Waals surface area contributed by atoms with E-state index in [1.165, 1.54) is 14.2 Å². The SMILES string of the molecule is COC(CNC(=O)C1CCCCC1NC(=O)OC(C)(C)C)OC. The molecule has 1 fully saturated rings. The van der Waals surface area contributed by atoms with Gasteiger partial charge in [0.1, 0.15) is 5.60 Å². The molecule has 0 aromatic heterocycles. The molecule has 0 radical (unpaired) electrons. The summed E-state index contributed by atoms with van der Waals surface area (Å²) in [5.41, 5.74) is -0.555. The van der Waals surface area contributed by atoms with Crippen LogP contribution in [0.4, 0.5) is 4.79 Å². The number of nitrogens with one attached hydrogen (secondary N) is 2. The molecule has 7 nitrogen and oxygen atoms in total. The minimum Gasteiger partial charge on any atom is -0.444 e. The molecule has 23 heavy (non-hydrogen) atoms. The number of hydrogen-bond donors (Lipinski definition) is 2. The molecule has 0 aromatic rings. The lowest BCUT2D eigenvalue weighted by Crippen LogP contribution is -2.50. The molecule has 2 atom stereocenters. The van der Waals surface area contributed by atoms with Crippen LogP contribution in [0, 0.1) is 5.92 Å². The lowest BCUT2D eigenvalue weighted by Gasteiger charge is -2.32. The van der Waals surface area contributed by atoms with E-state index < -0.39 is 18.0 Å². The van der Waals surface area contributed by atoms with Crippen LogP contribution in [0.25, 0.3) is 0 Å². The zero-order chi connectivity index (χ0) is 17.5. The Labute approximate surface area is 138 Å². The molecule has 2 unspecified atom stereocenters. The molecule has 0 spiro atoms. The van der Waals surface area contributed by atoms with Gasteiger partial charge < -0.3 is 24.8 Å². The number of amides is 2. The van der Waals surface area contributed by atoms with Crippen LogP contribution in [0.2, 0.25) is 0 Å². The normalized spacial score (nSPS) is 21.8. The van der Waals surface area contributed by atoms with Crippen LogP contribution in [0.1, 0.15) is 46.5 Å². The highest BCUT2D eigenvalue weighted by Gasteiger charge is 2.33. The van der Waals surface area contributed by atoms with Crippen molar-refractivity contribution in [2.75, 3.05) is 20.8 Å². The van der Waals surface area contributed by atoms with Crippen molar-refractivity contribution in [3.63, 3.8) is 0 Å². The summed E-state index contributed by atoms with van der Waals surface area (Å²) >= 11 is 0. The molecule has 0 heterocycles. The Morgan fingerprint density at radius 3 is 2.30 bits per heavy atom. The summed E-state index contributed by atoms with van der Waals surface area (Å²) in [4.78, 5) is 24.3. The second-order valence-corrected chi connectivity index (χ2v) is 6.79. The van der Waals surface area contributed by atoms with Crippen molar-refractivity contribution >= 4 is 12.0 Å². The van der Waals surface area contributed by atoms with Gasteiger partial charge in [0.15, 0.2) is 6.29 Å². The van der Waals surface area contributed by atoms with Crippen LogP contribution < -0.4 is 10.6 Å². The maximum atomic E-state index is 12.4. The number of carbonyl (C=O) groups excluding carboxylic acids is 2. The minimum absolute atomic E-state index is 0.0927. The predicted octanol–water partition coefficient (Wildman–Crippen LogP) is 1.81. The Kier molecular flexibility index (Phi) is 7.78. The van der Waals surface area contributed by atoms with E-state index in [2.05, 4.69) is 10.6 Å². The summed E-state index contributed by atoms with van der Waals surface area (Å²) in [5.74, 6) is -0.351. The lowest BCUT2D eigenvalue weighted by molar-refractivity contribution is -0.132. The van der Waals surface area contributed by atoms with Gasteiger partial charge in [0.25, 0.3) is 0 Å². The fourth-order valence-corrected chi connectivity index (χ4v) is 2.65. The van der Waals surface area contributed by atoms with E-state index >= 15 is 0 Å².